The fourth-order valence-electron chi connectivity index (χ4n) is 2.32. The van der Waals surface area contributed by atoms with E-state index in [9.17, 15) is 0 Å². The molecule has 120 valence electrons. The molecule has 0 fully saturated rings. The molecule has 21 heavy (non-hydrogen) atoms. The standard InChI is InChI=1S/C18H31NO2/c1-7-12-19-16(13-18(4,5)20-6)15-10-8-9-11-17(15)21-14(2)3/h8-11,14,16,19H,7,12-13H2,1-6H3. The van der Waals surface area contributed by atoms with Crippen molar-refractivity contribution in [3.8, 4) is 5.75 Å². The zero-order valence-electron chi connectivity index (χ0n) is 14.4. The third-order valence-corrected chi connectivity index (χ3v) is 3.55. The summed E-state index contributed by atoms with van der Waals surface area (Å²) in [6, 6.07) is 8.53. The van der Waals surface area contributed by atoms with Crippen LogP contribution in [0, 0.1) is 0 Å². The van der Waals surface area contributed by atoms with E-state index in [4.69, 9.17) is 9.47 Å². The molecular weight excluding hydrogens is 262 g/mol. The molecule has 3 heteroatoms. The molecule has 1 unspecified atom stereocenters. The van der Waals surface area contributed by atoms with Crippen molar-refractivity contribution in [1.29, 1.82) is 0 Å². The number of nitrogens with one attached hydrogen (secondary N) is 1. The summed E-state index contributed by atoms with van der Waals surface area (Å²) in [5.74, 6) is 0.966. The Morgan fingerprint density at radius 1 is 1.19 bits per heavy atom. The van der Waals surface area contributed by atoms with Crippen LogP contribution in [-0.2, 0) is 4.74 Å². The molecule has 0 saturated carbocycles. The average molecular weight is 293 g/mol. The van der Waals surface area contributed by atoms with Crippen molar-refractivity contribution in [2.45, 2.75) is 65.2 Å². The summed E-state index contributed by atoms with van der Waals surface area (Å²) in [6.07, 6.45) is 2.19. The maximum absolute atomic E-state index is 5.97. The van der Waals surface area contributed by atoms with Gasteiger partial charge < -0.3 is 14.8 Å². The van der Waals surface area contributed by atoms with Crippen LogP contribution in [0.2, 0.25) is 0 Å². The van der Waals surface area contributed by atoms with Gasteiger partial charge in [-0.25, -0.2) is 0 Å². The lowest BCUT2D eigenvalue weighted by Crippen LogP contribution is -2.32. The molecule has 0 bridgehead atoms. The van der Waals surface area contributed by atoms with Gasteiger partial charge in [-0.05, 0) is 53.1 Å². The Kier molecular flexibility index (Phi) is 7.20. The van der Waals surface area contributed by atoms with Crippen molar-refractivity contribution in [3.63, 3.8) is 0 Å². The number of benzene rings is 1. The predicted octanol–water partition coefficient (Wildman–Crippen LogP) is 4.33. The first-order valence-corrected chi connectivity index (χ1v) is 7.93. The number of rotatable bonds is 9. The van der Waals surface area contributed by atoms with E-state index in [0.29, 0.717) is 0 Å². The molecule has 1 aromatic rings. The van der Waals surface area contributed by atoms with Crippen molar-refractivity contribution in [3.05, 3.63) is 29.8 Å². The lowest BCUT2D eigenvalue weighted by Gasteiger charge is -2.30. The first-order valence-electron chi connectivity index (χ1n) is 7.93. The number of para-hydroxylation sites is 1. The van der Waals surface area contributed by atoms with Gasteiger partial charge in [0.2, 0.25) is 0 Å². The van der Waals surface area contributed by atoms with Crippen LogP contribution in [0.5, 0.6) is 5.75 Å². The molecule has 0 aliphatic rings. The van der Waals surface area contributed by atoms with Gasteiger partial charge >= 0.3 is 0 Å². The van der Waals surface area contributed by atoms with Crippen LogP contribution in [0.25, 0.3) is 0 Å². The molecule has 3 nitrogen and oxygen atoms in total. The molecule has 0 aromatic heterocycles. The maximum Gasteiger partial charge on any atom is 0.124 e. The molecular formula is C18H31NO2. The second-order valence-electron chi connectivity index (χ2n) is 6.38. The van der Waals surface area contributed by atoms with Crippen molar-refractivity contribution in [2.24, 2.45) is 0 Å². The van der Waals surface area contributed by atoms with E-state index in [1.54, 1.807) is 7.11 Å². The minimum absolute atomic E-state index is 0.170. The second kappa shape index (κ2) is 8.40. The quantitative estimate of drug-likeness (QED) is 0.735. The Bertz CT molecular complexity index is 415. The van der Waals surface area contributed by atoms with Crippen LogP contribution in [0.1, 0.15) is 59.1 Å². The van der Waals surface area contributed by atoms with Gasteiger partial charge in [-0.15, -0.1) is 0 Å². The average Bonchev–Trinajstić information content (AvgIpc) is 2.43. The summed E-state index contributed by atoms with van der Waals surface area (Å²) >= 11 is 0. The van der Waals surface area contributed by atoms with Gasteiger partial charge in [0.05, 0.1) is 11.7 Å². The van der Waals surface area contributed by atoms with Gasteiger partial charge in [-0.1, -0.05) is 25.1 Å². The maximum atomic E-state index is 5.97. The van der Waals surface area contributed by atoms with Crippen LogP contribution in [0.4, 0.5) is 0 Å². The van der Waals surface area contributed by atoms with E-state index >= 15 is 0 Å². The Morgan fingerprint density at radius 3 is 2.43 bits per heavy atom. The van der Waals surface area contributed by atoms with E-state index in [2.05, 4.69) is 58.1 Å². The lowest BCUT2D eigenvalue weighted by molar-refractivity contribution is 0.00659. The van der Waals surface area contributed by atoms with Gasteiger partial charge in [0, 0.05) is 18.7 Å². The molecule has 0 aliphatic carbocycles. The SMILES string of the molecule is CCCNC(CC(C)(C)OC)c1ccccc1OC(C)C. The zero-order valence-corrected chi connectivity index (χ0v) is 14.4. The summed E-state index contributed by atoms with van der Waals surface area (Å²) in [4.78, 5) is 0. The summed E-state index contributed by atoms with van der Waals surface area (Å²) in [5.41, 5.74) is 1.04. The minimum atomic E-state index is -0.170. The number of hydrogen-bond acceptors (Lipinski definition) is 3. The van der Waals surface area contributed by atoms with Gasteiger partial charge in [0.15, 0.2) is 0 Å². The number of methoxy groups -OCH3 is 1. The molecule has 1 atom stereocenters. The van der Waals surface area contributed by atoms with Crippen molar-refractivity contribution in [2.75, 3.05) is 13.7 Å². The highest BCUT2D eigenvalue weighted by atomic mass is 16.5. The summed E-state index contributed by atoms with van der Waals surface area (Å²) in [5, 5.41) is 3.63. The second-order valence-corrected chi connectivity index (χ2v) is 6.38. The van der Waals surface area contributed by atoms with Gasteiger partial charge in [-0.2, -0.15) is 0 Å². The van der Waals surface area contributed by atoms with Crippen LogP contribution in [0.15, 0.2) is 24.3 Å². The van der Waals surface area contributed by atoms with Crippen LogP contribution in [-0.4, -0.2) is 25.4 Å². The van der Waals surface area contributed by atoms with Crippen molar-refractivity contribution >= 4 is 0 Å². The topological polar surface area (TPSA) is 30.5 Å². The smallest absolute Gasteiger partial charge is 0.124 e. The van der Waals surface area contributed by atoms with Gasteiger partial charge in [0.1, 0.15) is 5.75 Å². The van der Waals surface area contributed by atoms with E-state index in [0.717, 1.165) is 25.1 Å². The Balaban J connectivity index is 3.01. The molecule has 1 N–H and O–H groups in total. The molecule has 0 amide bonds. The molecule has 0 radical (unpaired) electrons. The Hall–Kier alpha value is -1.06. The summed E-state index contributed by atoms with van der Waals surface area (Å²) in [7, 11) is 1.77. The fraction of sp³-hybridized carbons (Fsp3) is 0.667. The molecule has 1 rings (SSSR count). The van der Waals surface area contributed by atoms with Crippen LogP contribution in [0.3, 0.4) is 0 Å². The number of ether oxygens (including phenoxy) is 2. The van der Waals surface area contributed by atoms with E-state index < -0.39 is 0 Å². The third-order valence-electron chi connectivity index (χ3n) is 3.55. The monoisotopic (exact) mass is 293 g/mol. The Morgan fingerprint density at radius 2 is 1.86 bits per heavy atom. The van der Waals surface area contributed by atoms with Crippen LogP contribution < -0.4 is 10.1 Å². The predicted molar refractivity (Wildman–Crippen MR) is 88.9 cm³/mol. The zero-order chi connectivity index (χ0) is 15.9. The van der Waals surface area contributed by atoms with Gasteiger partial charge in [0.25, 0.3) is 0 Å². The molecule has 0 spiro atoms. The molecule has 0 heterocycles. The van der Waals surface area contributed by atoms with E-state index in [-0.39, 0.29) is 17.7 Å². The van der Waals surface area contributed by atoms with Gasteiger partial charge in [-0.3, -0.25) is 0 Å². The molecule has 0 aliphatic heterocycles. The van der Waals surface area contributed by atoms with E-state index in [1.165, 1.54) is 5.56 Å². The van der Waals surface area contributed by atoms with E-state index in [1.807, 2.05) is 6.07 Å². The highest BCUT2D eigenvalue weighted by Crippen LogP contribution is 2.32. The third kappa shape index (κ3) is 6.06. The summed E-state index contributed by atoms with van der Waals surface area (Å²) < 4.78 is 11.6. The van der Waals surface area contributed by atoms with Crippen LogP contribution >= 0.6 is 0 Å². The van der Waals surface area contributed by atoms with Crippen molar-refractivity contribution < 1.29 is 9.47 Å². The molecule has 0 saturated heterocycles. The largest absolute Gasteiger partial charge is 0.491 e. The Labute approximate surface area is 130 Å². The summed E-state index contributed by atoms with van der Waals surface area (Å²) in [6.45, 7) is 11.5. The normalized spacial score (nSPS) is 13.5. The highest BCUT2D eigenvalue weighted by Gasteiger charge is 2.25. The first kappa shape index (κ1) is 18.0. The minimum Gasteiger partial charge on any atom is -0.491 e. The lowest BCUT2D eigenvalue weighted by atomic mass is 9.93. The number of hydrogen-bond donors (Lipinski definition) is 1. The fourth-order valence-corrected chi connectivity index (χ4v) is 2.32. The molecule has 1 aromatic carbocycles. The van der Waals surface area contributed by atoms with Crippen molar-refractivity contribution in [1.82, 2.24) is 5.32 Å². The first-order chi connectivity index (χ1) is 9.89. The highest BCUT2D eigenvalue weighted by molar-refractivity contribution is 5.36.